The van der Waals surface area contributed by atoms with Gasteiger partial charge in [0.25, 0.3) is 10.9 Å². The van der Waals surface area contributed by atoms with Gasteiger partial charge in [0.15, 0.2) is 0 Å². The summed E-state index contributed by atoms with van der Waals surface area (Å²) in [4.78, 5) is 43.0. The van der Waals surface area contributed by atoms with E-state index in [2.05, 4.69) is 10.3 Å². The molecule has 8 nitrogen and oxygen atoms in total. The van der Waals surface area contributed by atoms with Crippen LogP contribution in [0, 0.1) is 0 Å². The van der Waals surface area contributed by atoms with Crippen molar-refractivity contribution in [1.29, 1.82) is 0 Å². The van der Waals surface area contributed by atoms with Crippen molar-refractivity contribution in [2.75, 3.05) is 10.2 Å². The number of hydrogen-bond donors (Lipinski definition) is 2. The van der Waals surface area contributed by atoms with Gasteiger partial charge in [-0.05, 0) is 61.9 Å². The smallest absolute Gasteiger partial charge is 0.326 e. The van der Waals surface area contributed by atoms with E-state index in [4.69, 9.17) is 16.3 Å². The summed E-state index contributed by atoms with van der Waals surface area (Å²) in [7, 11) is 0. The summed E-state index contributed by atoms with van der Waals surface area (Å²) < 4.78 is 5.97. The van der Waals surface area contributed by atoms with Crippen molar-refractivity contribution in [3.63, 3.8) is 0 Å². The van der Waals surface area contributed by atoms with Gasteiger partial charge in [0.2, 0.25) is 5.88 Å². The average Bonchev–Trinajstić information content (AvgIpc) is 3.20. The van der Waals surface area contributed by atoms with E-state index >= 15 is 0 Å². The van der Waals surface area contributed by atoms with Crippen LogP contribution in [0.25, 0.3) is 10.8 Å². The second kappa shape index (κ2) is 9.86. The number of fused-ring (bicyclic) bond motifs is 1. The number of halogens is 1. The van der Waals surface area contributed by atoms with Crippen molar-refractivity contribution in [2.24, 2.45) is 0 Å². The van der Waals surface area contributed by atoms with Crippen LogP contribution in [-0.4, -0.2) is 34.2 Å². The first-order valence-electron chi connectivity index (χ1n) is 12.2. The molecule has 1 aromatic heterocycles. The Morgan fingerprint density at radius 1 is 1.11 bits per heavy atom. The number of benzene rings is 2. The zero-order valence-electron chi connectivity index (χ0n) is 20.4. The number of aromatic nitrogens is 1. The molecule has 4 aromatic rings. The molecule has 190 valence electrons. The molecule has 2 unspecified atom stereocenters. The average molecular weight is 520 g/mol. The monoisotopic (exact) mass is 519 g/mol. The van der Waals surface area contributed by atoms with Crippen LogP contribution in [0.2, 0.25) is 5.15 Å². The van der Waals surface area contributed by atoms with Crippen LogP contribution in [0.15, 0.2) is 64.2 Å². The van der Waals surface area contributed by atoms with E-state index in [1.165, 1.54) is 0 Å². The zero-order chi connectivity index (χ0) is 26.3. The lowest BCUT2D eigenvalue weighted by molar-refractivity contribution is -0.137. The van der Waals surface area contributed by atoms with Crippen LogP contribution < -0.4 is 25.8 Å². The number of nitrogens with one attached hydrogen (secondary N) is 1. The summed E-state index contributed by atoms with van der Waals surface area (Å²) in [5.74, 6) is -0.222. The fraction of sp³-hybridized carbons (Fsp3) is 0.286. The fourth-order valence-electron chi connectivity index (χ4n) is 5.02. The Kier molecular flexibility index (Phi) is 6.60. The minimum absolute atomic E-state index is 0.0943. The molecule has 1 aliphatic heterocycles. The van der Waals surface area contributed by atoms with Crippen molar-refractivity contribution in [1.82, 2.24) is 4.98 Å². The molecule has 1 fully saturated rings. The molecule has 0 radical (unpaired) electrons. The number of anilines is 2. The van der Waals surface area contributed by atoms with E-state index in [1.807, 2.05) is 43.0 Å². The third-order valence-electron chi connectivity index (χ3n) is 6.96. The highest BCUT2D eigenvalue weighted by molar-refractivity contribution is 6.30. The van der Waals surface area contributed by atoms with Gasteiger partial charge in [-0.25, -0.2) is 9.78 Å². The van der Waals surface area contributed by atoms with Crippen molar-refractivity contribution in [3.8, 4) is 11.6 Å². The molecule has 2 heterocycles. The number of carbonyl (C=O) groups is 1. The van der Waals surface area contributed by atoms with E-state index in [9.17, 15) is 19.5 Å². The molecule has 0 bridgehead atoms. The van der Waals surface area contributed by atoms with E-state index in [0.29, 0.717) is 22.5 Å². The number of carboxylic acids is 1. The predicted molar refractivity (Wildman–Crippen MR) is 144 cm³/mol. The van der Waals surface area contributed by atoms with Gasteiger partial charge in [-0.1, -0.05) is 41.9 Å². The van der Waals surface area contributed by atoms with E-state index in [-0.39, 0.29) is 24.2 Å². The summed E-state index contributed by atoms with van der Waals surface area (Å²) in [6, 6.07) is 15.5. The normalized spacial score (nSPS) is 18.3. The lowest BCUT2D eigenvalue weighted by atomic mass is 10.0. The number of pyridine rings is 1. The maximum atomic E-state index is 12.4. The topological polar surface area (TPSA) is 109 Å². The summed E-state index contributed by atoms with van der Waals surface area (Å²) >= 11 is 6.14. The van der Waals surface area contributed by atoms with Gasteiger partial charge in [0.05, 0.1) is 0 Å². The van der Waals surface area contributed by atoms with Gasteiger partial charge in [-0.3, -0.25) is 9.59 Å². The standard InChI is InChI=1S/C28H26ClN3O5/c1-15-7-8-16(2)32(15)24-23(25(33)26(24)34)30-21(28(35)36)13-17-9-11-19(12-10-17)37-27-20-6-4-3-5-18(20)14-22(29)31-27/h3-6,9-12,14-16,21,30H,7-8,13H2,1-2H3,(H,35,36)/t15?,16?,21-/m0/s1. The quantitative estimate of drug-likeness (QED) is 0.253. The highest BCUT2D eigenvalue weighted by atomic mass is 35.5. The number of carboxylic acid groups (broad SMARTS) is 1. The fourth-order valence-corrected chi connectivity index (χ4v) is 5.22. The van der Waals surface area contributed by atoms with Crippen molar-refractivity contribution in [3.05, 3.63) is 85.8 Å². The maximum absolute atomic E-state index is 12.4. The van der Waals surface area contributed by atoms with Gasteiger partial charge in [0.1, 0.15) is 28.3 Å². The number of rotatable bonds is 8. The minimum Gasteiger partial charge on any atom is -0.480 e. The van der Waals surface area contributed by atoms with Crippen LogP contribution in [-0.2, 0) is 11.2 Å². The molecule has 1 aliphatic rings. The second-order valence-corrected chi connectivity index (χ2v) is 9.91. The Morgan fingerprint density at radius 3 is 2.46 bits per heavy atom. The zero-order valence-corrected chi connectivity index (χ0v) is 21.2. The Bertz CT molecular complexity index is 1530. The van der Waals surface area contributed by atoms with Crippen LogP contribution in [0.3, 0.4) is 0 Å². The molecule has 9 heteroatoms. The van der Waals surface area contributed by atoms with Gasteiger partial charge in [0, 0.05) is 23.9 Å². The first kappa shape index (κ1) is 24.8. The summed E-state index contributed by atoms with van der Waals surface area (Å²) in [5.41, 5.74) is -0.108. The Hall–Kier alpha value is -3.91. The Labute approximate surface area is 218 Å². The highest BCUT2D eigenvalue weighted by Crippen LogP contribution is 2.33. The molecule has 0 saturated carbocycles. The van der Waals surface area contributed by atoms with Crippen molar-refractivity contribution >= 4 is 39.7 Å². The first-order chi connectivity index (χ1) is 17.7. The molecular weight excluding hydrogens is 494 g/mol. The summed E-state index contributed by atoms with van der Waals surface area (Å²) in [5, 5.41) is 14.7. The molecule has 3 aromatic carbocycles. The Balaban J connectivity index is 1.33. The van der Waals surface area contributed by atoms with Crippen LogP contribution in [0.5, 0.6) is 11.6 Å². The van der Waals surface area contributed by atoms with Crippen molar-refractivity contribution < 1.29 is 14.6 Å². The van der Waals surface area contributed by atoms with Gasteiger partial charge >= 0.3 is 5.97 Å². The molecule has 1 saturated heterocycles. The highest BCUT2D eigenvalue weighted by Gasteiger charge is 2.36. The number of aliphatic carboxylic acids is 1. The second-order valence-electron chi connectivity index (χ2n) is 9.52. The molecule has 37 heavy (non-hydrogen) atoms. The van der Waals surface area contributed by atoms with E-state index < -0.39 is 22.9 Å². The minimum atomic E-state index is -1.11. The van der Waals surface area contributed by atoms with Crippen molar-refractivity contribution in [2.45, 2.75) is 51.2 Å². The molecule has 2 N–H and O–H groups in total. The molecule has 0 amide bonds. The summed E-state index contributed by atoms with van der Waals surface area (Å²) in [6.07, 6.45) is 1.94. The molecule has 3 atom stereocenters. The van der Waals surface area contributed by atoms with Crippen LogP contribution >= 0.6 is 11.6 Å². The number of hydrogen-bond acceptors (Lipinski definition) is 7. The van der Waals surface area contributed by atoms with Gasteiger partial charge in [-0.2, -0.15) is 0 Å². The lowest BCUT2D eigenvalue weighted by Crippen LogP contribution is -2.48. The third-order valence-corrected chi connectivity index (χ3v) is 7.16. The number of ether oxygens (including phenoxy) is 1. The SMILES string of the molecule is CC1CCC(C)N1c1c(N[C@@H](Cc2ccc(Oc3nc(Cl)cc4ccccc34)cc2)C(=O)O)c(=O)c1=O. The maximum Gasteiger partial charge on any atom is 0.326 e. The van der Waals surface area contributed by atoms with Crippen LogP contribution in [0.4, 0.5) is 11.4 Å². The largest absolute Gasteiger partial charge is 0.480 e. The predicted octanol–water partition coefficient (Wildman–Crippen LogP) is 4.76. The van der Waals surface area contributed by atoms with Crippen LogP contribution in [0.1, 0.15) is 32.3 Å². The van der Waals surface area contributed by atoms with E-state index in [0.717, 1.165) is 29.2 Å². The third kappa shape index (κ3) is 4.76. The molecular formula is C28H26ClN3O5. The molecule has 0 aliphatic carbocycles. The van der Waals surface area contributed by atoms with Gasteiger partial charge < -0.3 is 20.1 Å². The summed E-state index contributed by atoms with van der Waals surface area (Å²) in [6.45, 7) is 4.01. The van der Waals surface area contributed by atoms with Gasteiger partial charge in [-0.15, -0.1) is 0 Å². The molecule has 0 spiro atoms. The first-order valence-corrected chi connectivity index (χ1v) is 12.5. The molecule has 5 rings (SSSR count). The van der Waals surface area contributed by atoms with E-state index in [1.54, 1.807) is 30.3 Å². The Morgan fingerprint density at radius 2 is 1.78 bits per heavy atom. The number of nitrogens with zero attached hydrogens (tertiary/aromatic N) is 2. The lowest BCUT2D eigenvalue weighted by Gasteiger charge is -2.32.